The Morgan fingerprint density at radius 1 is 1.07 bits per heavy atom. The molecule has 13 heteroatoms. The number of carbonyl (C=O) groups excluding carboxylic acids is 1. The fraction of sp³-hybridized carbons (Fsp3) is 0.214. The smallest absolute Gasteiger partial charge is 0.294 e. The van der Waals surface area contributed by atoms with Gasteiger partial charge in [0.25, 0.3) is 5.56 Å². The maximum Gasteiger partial charge on any atom is 0.294 e. The molecule has 4 aromatic rings. The summed E-state index contributed by atoms with van der Waals surface area (Å²) in [5, 5.41) is 5.92. The standard InChI is InChI=1S/C28H28F3N7O3/c1-6-24(39)34-21-14-18(13-20(31)25(21)37(4)10-9-36(2)3)33-28-32-15-16-11-23(27(40)38(5)26(16)35-28)41-22-8-7-17(29)12-19(22)30/h6-8,11-15H,1,9-10H2,2-5H3,(H,34,39)(H,32,33,35). The number of anilines is 4. The van der Waals surface area contributed by atoms with Gasteiger partial charge in [0.2, 0.25) is 11.9 Å². The number of amides is 1. The van der Waals surface area contributed by atoms with E-state index in [0.717, 1.165) is 18.2 Å². The molecule has 1 amide bonds. The Balaban J connectivity index is 1.66. The highest BCUT2D eigenvalue weighted by molar-refractivity contribution is 6.01. The fourth-order valence-corrected chi connectivity index (χ4v) is 3.96. The van der Waals surface area contributed by atoms with E-state index < -0.39 is 28.9 Å². The number of hydrogen-bond donors (Lipinski definition) is 2. The number of rotatable bonds is 10. The second-order valence-corrected chi connectivity index (χ2v) is 9.42. The highest BCUT2D eigenvalue weighted by atomic mass is 19.1. The Morgan fingerprint density at radius 3 is 2.51 bits per heavy atom. The summed E-state index contributed by atoms with van der Waals surface area (Å²) in [6.45, 7) is 4.60. The molecular formula is C28H28F3N7O3. The minimum atomic E-state index is -0.964. The Kier molecular flexibility index (Phi) is 8.57. The lowest BCUT2D eigenvalue weighted by Gasteiger charge is -2.25. The number of fused-ring (bicyclic) bond motifs is 1. The van der Waals surface area contributed by atoms with E-state index in [-0.39, 0.29) is 40.2 Å². The van der Waals surface area contributed by atoms with Gasteiger partial charge in [-0.25, -0.2) is 18.2 Å². The van der Waals surface area contributed by atoms with Gasteiger partial charge in [-0.05, 0) is 50.5 Å². The quantitative estimate of drug-likeness (QED) is 0.272. The monoisotopic (exact) mass is 567 g/mol. The van der Waals surface area contributed by atoms with Crippen LogP contribution in [0, 0.1) is 17.5 Å². The van der Waals surface area contributed by atoms with Crippen LogP contribution < -0.4 is 25.8 Å². The van der Waals surface area contributed by atoms with E-state index in [0.29, 0.717) is 24.5 Å². The molecule has 0 fully saturated rings. The third-order valence-corrected chi connectivity index (χ3v) is 6.06. The SMILES string of the molecule is C=CC(=O)Nc1cc(Nc2ncc3cc(Oc4ccc(F)cc4F)c(=O)n(C)c3n2)cc(F)c1N(C)CCN(C)C. The first-order valence-corrected chi connectivity index (χ1v) is 12.4. The van der Waals surface area contributed by atoms with Gasteiger partial charge in [0.15, 0.2) is 23.1 Å². The largest absolute Gasteiger partial charge is 0.448 e. The van der Waals surface area contributed by atoms with Gasteiger partial charge in [0.1, 0.15) is 11.5 Å². The van der Waals surface area contributed by atoms with Gasteiger partial charge in [-0.2, -0.15) is 4.98 Å². The summed E-state index contributed by atoms with van der Waals surface area (Å²) >= 11 is 0. The molecule has 4 rings (SSSR count). The molecule has 0 atom stereocenters. The van der Waals surface area contributed by atoms with Crippen molar-refractivity contribution in [2.75, 3.05) is 49.8 Å². The number of likely N-dealkylation sites (N-methyl/N-ethyl adjacent to an activating group) is 2. The van der Waals surface area contributed by atoms with E-state index >= 15 is 4.39 Å². The van der Waals surface area contributed by atoms with E-state index in [2.05, 4.69) is 27.2 Å². The molecule has 2 heterocycles. The maximum absolute atomic E-state index is 15.4. The van der Waals surface area contributed by atoms with Crippen LogP contribution in [0.5, 0.6) is 11.5 Å². The topological polar surface area (TPSA) is 105 Å². The number of carbonyl (C=O) groups is 1. The third kappa shape index (κ3) is 6.64. The molecule has 214 valence electrons. The van der Waals surface area contributed by atoms with Gasteiger partial charge < -0.3 is 25.2 Å². The van der Waals surface area contributed by atoms with Gasteiger partial charge in [-0.15, -0.1) is 0 Å². The molecule has 0 saturated carbocycles. The van der Waals surface area contributed by atoms with E-state index in [1.165, 1.54) is 36.0 Å². The molecule has 0 spiro atoms. The van der Waals surface area contributed by atoms with Gasteiger partial charge in [0.05, 0.1) is 11.4 Å². The van der Waals surface area contributed by atoms with Crippen LogP contribution in [0.3, 0.4) is 0 Å². The molecule has 0 radical (unpaired) electrons. The molecular weight excluding hydrogens is 539 g/mol. The van der Waals surface area contributed by atoms with Crippen molar-refractivity contribution in [1.29, 1.82) is 0 Å². The molecule has 2 N–H and O–H groups in total. The summed E-state index contributed by atoms with van der Waals surface area (Å²) in [6, 6.07) is 6.85. The van der Waals surface area contributed by atoms with E-state index in [4.69, 9.17) is 4.74 Å². The molecule has 2 aromatic heterocycles. The first kappa shape index (κ1) is 29.1. The number of aromatic nitrogens is 3. The molecule has 2 aromatic carbocycles. The summed E-state index contributed by atoms with van der Waals surface area (Å²) in [5.41, 5.74) is 0.223. The molecule has 10 nitrogen and oxygen atoms in total. The molecule has 0 aliphatic carbocycles. The molecule has 0 aliphatic rings. The van der Waals surface area contributed by atoms with E-state index in [9.17, 15) is 18.4 Å². The van der Waals surface area contributed by atoms with Crippen molar-refractivity contribution >= 4 is 40.0 Å². The Bertz CT molecular complexity index is 1690. The number of nitrogens with zero attached hydrogens (tertiary/aromatic N) is 5. The van der Waals surface area contributed by atoms with Crippen LogP contribution in [0.4, 0.5) is 36.2 Å². The van der Waals surface area contributed by atoms with Crippen molar-refractivity contribution in [3.05, 3.63) is 83.1 Å². The van der Waals surface area contributed by atoms with Gasteiger partial charge in [0, 0.05) is 50.5 Å². The van der Waals surface area contributed by atoms with E-state index in [1.807, 2.05) is 19.0 Å². The lowest BCUT2D eigenvalue weighted by Crippen LogP contribution is -2.30. The lowest BCUT2D eigenvalue weighted by atomic mass is 10.2. The third-order valence-electron chi connectivity index (χ3n) is 6.06. The number of halogens is 3. The highest BCUT2D eigenvalue weighted by Crippen LogP contribution is 2.33. The minimum absolute atomic E-state index is 0.0415. The number of nitrogens with one attached hydrogen (secondary N) is 2. The molecule has 0 unspecified atom stereocenters. The lowest BCUT2D eigenvalue weighted by molar-refractivity contribution is -0.111. The number of hydrogen-bond acceptors (Lipinski definition) is 8. The summed E-state index contributed by atoms with van der Waals surface area (Å²) in [5.74, 6) is -3.35. The second kappa shape index (κ2) is 12.1. The van der Waals surface area contributed by atoms with Crippen molar-refractivity contribution in [1.82, 2.24) is 19.4 Å². The molecule has 0 aliphatic heterocycles. The second-order valence-electron chi connectivity index (χ2n) is 9.42. The van der Waals surface area contributed by atoms with Gasteiger partial charge in [-0.3, -0.25) is 14.2 Å². The van der Waals surface area contributed by atoms with Crippen LogP contribution >= 0.6 is 0 Å². The first-order chi connectivity index (χ1) is 19.5. The van der Waals surface area contributed by atoms with Crippen LogP contribution in [0.1, 0.15) is 0 Å². The van der Waals surface area contributed by atoms with Crippen molar-refractivity contribution in [3.8, 4) is 11.5 Å². The molecule has 41 heavy (non-hydrogen) atoms. The van der Waals surface area contributed by atoms with Gasteiger partial charge >= 0.3 is 0 Å². The fourth-order valence-electron chi connectivity index (χ4n) is 3.96. The van der Waals surface area contributed by atoms with Crippen molar-refractivity contribution in [2.24, 2.45) is 7.05 Å². The zero-order chi connectivity index (χ0) is 29.8. The normalized spacial score (nSPS) is 11.0. The zero-order valence-corrected chi connectivity index (χ0v) is 22.8. The Morgan fingerprint density at radius 2 is 1.83 bits per heavy atom. The number of pyridine rings is 1. The first-order valence-electron chi connectivity index (χ1n) is 12.4. The van der Waals surface area contributed by atoms with Crippen LogP contribution in [0.25, 0.3) is 11.0 Å². The maximum atomic E-state index is 15.4. The minimum Gasteiger partial charge on any atom is -0.448 e. The number of ether oxygens (including phenoxy) is 1. The summed E-state index contributed by atoms with van der Waals surface area (Å²) in [6.07, 6.45) is 2.48. The van der Waals surface area contributed by atoms with Crippen LogP contribution in [0.15, 0.2) is 60.0 Å². The average Bonchev–Trinajstić information content (AvgIpc) is 2.91. The van der Waals surface area contributed by atoms with E-state index in [1.54, 1.807) is 11.9 Å². The average molecular weight is 568 g/mol. The van der Waals surface area contributed by atoms with Crippen molar-refractivity contribution in [3.63, 3.8) is 0 Å². The Labute approximate surface area is 233 Å². The van der Waals surface area contributed by atoms with Crippen LogP contribution in [-0.2, 0) is 11.8 Å². The predicted molar refractivity (Wildman–Crippen MR) is 152 cm³/mol. The zero-order valence-electron chi connectivity index (χ0n) is 22.8. The summed E-state index contributed by atoms with van der Waals surface area (Å²) < 4.78 is 49.2. The highest BCUT2D eigenvalue weighted by Gasteiger charge is 2.18. The van der Waals surface area contributed by atoms with Crippen LogP contribution in [0.2, 0.25) is 0 Å². The van der Waals surface area contributed by atoms with Gasteiger partial charge in [-0.1, -0.05) is 6.58 Å². The van der Waals surface area contributed by atoms with Crippen molar-refractivity contribution < 1.29 is 22.7 Å². The summed E-state index contributed by atoms with van der Waals surface area (Å²) in [4.78, 5) is 37.2. The molecule has 0 saturated heterocycles. The predicted octanol–water partition coefficient (Wildman–Crippen LogP) is 4.40. The number of aryl methyl sites for hydroxylation is 1. The summed E-state index contributed by atoms with van der Waals surface area (Å²) in [7, 11) is 6.95. The Hall–Kier alpha value is -4.91. The number of benzene rings is 2. The van der Waals surface area contributed by atoms with Crippen molar-refractivity contribution in [2.45, 2.75) is 0 Å². The molecule has 0 bridgehead atoms. The van der Waals surface area contributed by atoms with Crippen LogP contribution in [-0.4, -0.2) is 59.6 Å².